The number of hydrogen-bond donors (Lipinski definition) is 1. The lowest BCUT2D eigenvalue weighted by atomic mass is 10.1. The van der Waals surface area contributed by atoms with E-state index in [1.807, 2.05) is 24.3 Å². The van der Waals surface area contributed by atoms with Gasteiger partial charge in [0, 0.05) is 28.0 Å². The molecule has 0 atom stereocenters. The third kappa shape index (κ3) is 3.24. The lowest BCUT2D eigenvalue weighted by Crippen LogP contribution is -2.21. The second kappa shape index (κ2) is 6.67. The molecule has 0 fully saturated rings. The van der Waals surface area contributed by atoms with Crippen molar-refractivity contribution in [2.75, 3.05) is 0 Å². The van der Waals surface area contributed by atoms with Crippen LogP contribution in [0.5, 0.6) is 5.88 Å². The number of halogens is 3. The Morgan fingerprint density at radius 3 is 2.25 bits per heavy atom. The normalized spacial score (nSPS) is 11.0. The molecule has 4 nitrogen and oxygen atoms in total. The number of rotatable bonds is 3. The van der Waals surface area contributed by atoms with Crippen LogP contribution in [0.25, 0.3) is 5.69 Å². The largest absolute Gasteiger partial charge is 0.493 e. The molecule has 0 saturated carbocycles. The van der Waals surface area contributed by atoms with Crippen LogP contribution in [-0.2, 0) is 13.5 Å². The van der Waals surface area contributed by atoms with E-state index < -0.39 is 0 Å². The quantitative estimate of drug-likeness (QED) is 0.666. The highest BCUT2D eigenvalue weighted by molar-refractivity contribution is 9.10. The Kier molecular flexibility index (Phi) is 4.76. The number of benzene rings is 2. The molecule has 0 unspecified atom stereocenters. The monoisotopic (exact) mass is 426 g/mol. The molecule has 24 heavy (non-hydrogen) atoms. The van der Waals surface area contributed by atoms with Crippen molar-refractivity contribution < 1.29 is 5.11 Å². The SMILES string of the molecule is Cn1c(Cc2ccc(Br)cc2)c(O)n(-c2cc(Cl)cc(Cl)c2)c1=O. The molecule has 1 N–H and O–H groups in total. The first-order valence-corrected chi connectivity index (χ1v) is 8.62. The number of aromatic hydroxyl groups is 1. The van der Waals surface area contributed by atoms with Crippen LogP contribution in [0.4, 0.5) is 0 Å². The van der Waals surface area contributed by atoms with Crippen LogP contribution in [0.2, 0.25) is 10.0 Å². The molecule has 3 aromatic rings. The molecule has 0 spiro atoms. The predicted octanol–water partition coefficient (Wildman–Crippen LogP) is 4.54. The summed E-state index contributed by atoms with van der Waals surface area (Å²) in [7, 11) is 1.62. The molecule has 0 bridgehead atoms. The Morgan fingerprint density at radius 1 is 1.08 bits per heavy atom. The van der Waals surface area contributed by atoms with Gasteiger partial charge >= 0.3 is 5.69 Å². The van der Waals surface area contributed by atoms with Gasteiger partial charge in [0.05, 0.1) is 11.4 Å². The van der Waals surface area contributed by atoms with Gasteiger partial charge < -0.3 is 5.11 Å². The van der Waals surface area contributed by atoms with E-state index >= 15 is 0 Å². The van der Waals surface area contributed by atoms with Crippen LogP contribution >= 0.6 is 39.1 Å². The number of nitrogens with zero attached hydrogens (tertiary/aromatic N) is 2. The fourth-order valence-electron chi connectivity index (χ4n) is 2.53. The van der Waals surface area contributed by atoms with Crippen molar-refractivity contribution >= 4 is 39.1 Å². The van der Waals surface area contributed by atoms with Crippen molar-refractivity contribution in [2.24, 2.45) is 7.05 Å². The van der Waals surface area contributed by atoms with Crippen LogP contribution in [0.3, 0.4) is 0 Å². The summed E-state index contributed by atoms with van der Waals surface area (Å²) in [4.78, 5) is 12.6. The first-order valence-electron chi connectivity index (χ1n) is 7.07. The molecular weight excluding hydrogens is 415 g/mol. The van der Waals surface area contributed by atoms with Gasteiger partial charge in [0.1, 0.15) is 0 Å². The second-order valence-electron chi connectivity index (χ2n) is 5.38. The maximum Gasteiger partial charge on any atom is 0.335 e. The highest BCUT2D eigenvalue weighted by atomic mass is 79.9. The highest BCUT2D eigenvalue weighted by Gasteiger charge is 2.19. The maximum absolute atomic E-state index is 12.6. The van der Waals surface area contributed by atoms with Crippen molar-refractivity contribution in [1.82, 2.24) is 9.13 Å². The molecule has 0 aliphatic heterocycles. The molecule has 124 valence electrons. The second-order valence-corrected chi connectivity index (χ2v) is 7.17. The zero-order valence-corrected chi connectivity index (χ0v) is 15.7. The van der Waals surface area contributed by atoms with E-state index in [9.17, 15) is 9.90 Å². The topological polar surface area (TPSA) is 47.2 Å². The number of imidazole rings is 1. The van der Waals surface area contributed by atoms with Gasteiger partial charge in [-0.05, 0) is 35.9 Å². The number of aromatic nitrogens is 2. The molecule has 0 amide bonds. The minimum absolute atomic E-state index is 0.122. The minimum atomic E-state index is -0.363. The summed E-state index contributed by atoms with van der Waals surface area (Å²) in [5.74, 6) is -0.122. The van der Waals surface area contributed by atoms with Gasteiger partial charge in [-0.1, -0.05) is 51.3 Å². The third-order valence-corrected chi connectivity index (χ3v) is 4.71. The average Bonchev–Trinajstić information content (AvgIpc) is 2.72. The van der Waals surface area contributed by atoms with Gasteiger partial charge in [0.15, 0.2) is 0 Å². The summed E-state index contributed by atoms with van der Waals surface area (Å²) in [5, 5.41) is 11.4. The fraction of sp³-hybridized carbons (Fsp3) is 0.118. The molecule has 1 heterocycles. The fourth-order valence-corrected chi connectivity index (χ4v) is 3.31. The molecule has 0 radical (unpaired) electrons. The van der Waals surface area contributed by atoms with Crippen molar-refractivity contribution in [1.29, 1.82) is 0 Å². The lowest BCUT2D eigenvalue weighted by molar-refractivity contribution is 0.435. The first-order chi connectivity index (χ1) is 11.4. The van der Waals surface area contributed by atoms with Crippen LogP contribution in [0, 0.1) is 0 Å². The van der Waals surface area contributed by atoms with Gasteiger partial charge in [-0.15, -0.1) is 0 Å². The van der Waals surface area contributed by atoms with Gasteiger partial charge in [-0.2, -0.15) is 0 Å². The van der Waals surface area contributed by atoms with E-state index in [1.54, 1.807) is 25.2 Å². The molecule has 0 saturated heterocycles. The summed E-state index contributed by atoms with van der Waals surface area (Å²) in [5.41, 5.74) is 1.55. The standard InChI is InChI=1S/C17H13BrCl2N2O2/c1-21-15(6-10-2-4-11(18)5-3-10)16(23)22(17(21)24)14-8-12(19)7-13(20)9-14/h2-5,7-9,23H,6H2,1H3. The summed E-state index contributed by atoms with van der Waals surface area (Å²) in [6, 6.07) is 12.4. The Balaban J connectivity index is 2.10. The molecule has 1 aromatic heterocycles. The van der Waals surface area contributed by atoms with Crippen molar-refractivity contribution in [3.8, 4) is 11.6 Å². The van der Waals surface area contributed by atoms with Crippen molar-refractivity contribution in [2.45, 2.75) is 6.42 Å². The zero-order chi connectivity index (χ0) is 17.4. The van der Waals surface area contributed by atoms with E-state index in [4.69, 9.17) is 23.2 Å². The van der Waals surface area contributed by atoms with Gasteiger partial charge in [0.2, 0.25) is 5.88 Å². The molecule has 3 rings (SSSR count). The van der Waals surface area contributed by atoms with Crippen LogP contribution in [0.1, 0.15) is 11.3 Å². The van der Waals surface area contributed by atoms with Crippen LogP contribution in [0.15, 0.2) is 51.7 Å². The van der Waals surface area contributed by atoms with E-state index in [-0.39, 0.29) is 11.6 Å². The molecule has 0 aliphatic carbocycles. The molecule has 2 aromatic carbocycles. The van der Waals surface area contributed by atoms with Crippen LogP contribution < -0.4 is 5.69 Å². The Hall–Kier alpha value is -1.69. The molecular formula is C17H13BrCl2N2O2. The summed E-state index contributed by atoms with van der Waals surface area (Å²) in [6.45, 7) is 0. The predicted molar refractivity (Wildman–Crippen MR) is 99.6 cm³/mol. The van der Waals surface area contributed by atoms with E-state index in [0.717, 1.165) is 10.0 Å². The number of hydrogen-bond acceptors (Lipinski definition) is 2. The van der Waals surface area contributed by atoms with Crippen molar-refractivity contribution in [3.05, 3.63) is 78.7 Å². The Morgan fingerprint density at radius 2 is 1.67 bits per heavy atom. The Labute approximate surface area is 157 Å². The molecule has 7 heteroatoms. The lowest BCUT2D eigenvalue weighted by Gasteiger charge is -2.06. The van der Waals surface area contributed by atoms with Crippen molar-refractivity contribution in [3.63, 3.8) is 0 Å². The maximum atomic E-state index is 12.6. The van der Waals surface area contributed by atoms with Gasteiger partial charge in [-0.3, -0.25) is 4.57 Å². The minimum Gasteiger partial charge on any atom is -0.493 e. The van der Waals surface area contributed by atoms with Gasteiger partial charge in [-0.25, -0.2) is 9.36 Å². The molecule has 0 aliphatic rings. The Bertz CT molecular complexity index is 942. The van der Waals surface area contributed by atoms with E-state index in [2.05, 4.69) is 15.9 Å². The summed E-state index contributed by atoms with van der Waals surface area (Å²) in [6.07, 6.45) is 0.423. The smallest absolute Gasteiger partial charge is 0.335 e. The summed E-state index contributed by atoms with van der Waals surface area (Å²) < 4.78 is 3.59. The van der Waals surface area contributed by atoms with E-state index in [0.29, 0.717) is 27.8 Å². The first kappa shape index (κ1) is 17.1. The van der Waals surface area contributed by atoms with Crippen LogP contribution in [-0.4, -0.2) is 14.2 Å². The third-order valence-electron chi connectivity index (χ3n) is 3.74. The van der Waals surface area contributed by atoms with E-state index in [1.165, 1.54) is 9.13 Å². The van der Waals surface area contributed by atoms with Gasteiger partial charge in [0.25, 0.3) is 0 Å². The average molecular weight is 428 g/mol. The highest BCUT2D eigenvalue weighted by Crippen LogP contribution is 2.27. The summed E-state index contributed by atoms with van der Waals surface area (Å²) >= 11 is 15.4. The zero-order valence-electron chi connectivity index (χ0n) is 12.6.